The number of aromatic nitrogens is 1. The number of fused-ring (bicyclic) bond motifs is 1. The van der Waals surface area contributed by atoms with E-state index in [0.29, 0.717) is 35.1 Å². The van der Waals surface area contributed by atoms with E-state index in [4.69, 9.17) is 5.73 Å². The van der Waals surface area contributed by atoms with Crippen molar-refractivity contribution in [3.8, 4) is 28.0 Å². The number of anilines is 1. The largest absolute Gasteiger partial charge is 0.507 e. The molecule has 2 heterocycles. The first-order valence-electron chi connectivity index (χ1n) is 12.3. The molecule has 0 radical (unpaired) electrons. The number of nitrogens with zero attached hydrogens (tertiary/aromatic N) is 3. The Morgan fingerprint density at radius 2 is 1.84 bits per heavy atom. The van der Waals surface area contributed by atoms with Crippen LogP contribution in [-0.4, -0.2) is 42.5 Å². The highest BCUT2D eigenvalue weighted by Crippen LogP contribution is 2.42. The van der Waals surface area contributed by atoms with Crippen molar-refractivity contribution in [3.63, 3.8) is 0 Å². The zero-order chi connectivity index (χ0) is 27.0. The topological polar surface area (TPSA) is 84.0 Å². The van der Waals surface area contributed by atoms with Crippen LogP contribution in [0.25, 0.3) is 33.2 Å². The van der Waals surface area contributed by atoms with Gasteiger partial charge in [0.25, 0.3) is 0 Å². The van der Waals surface area contributed by atoms with Crippen molar-refractivity contribution in [2.75, 3.05) is 25.1 Å². The van der Waals surface area contributed by atoms with Gasteiger partial charge in [-0.15, -0.1) is 0 Å². The molecule has 1 saturated heterocycles. The van der Waals surface area contributed by atoms with Crippen molar-refractivity contribution in [2.24, 2.45) is 10.9 Å². The van der Waals surface area contributed by atoms with Crippen molar-refractivity contribution in [2.45, 2.75) is 25.8 Å². The summed E-state index contributed by atoms with van der Waals surface area (Å²) in [5.41, 5.74) is 9.62. The maximum absolute atomic E-state index is 15.1. The molecule has 3 aromatic carbocycles. The number of aromatic hydroxyl groups is 1. The van der Waals surface area contributed by atoms with E-state index in [0.717, 1.165) is 36.4 Å². The average molecular weight is 521 g/mol. The van der Waals surface area contributed by atoms with Crippen LogP contribution >= 0.6 is 0 Å². The molecule has 0 amide bonds. The van der Waals surface area contributed by atoms with Crippen LogP contribution in [-0.2, 0) is 4.84 Å². The van der Waals surface area contributed by atoms with Crippen molar-refractivity contribution in [1.29, 1.82) is 0 Å². The Balaban J connectivity index is 1.77. The second kappa shape index (κ2) is 10.3. The Bertz CT molecular complexity index is 1530. The fourth-order valence-electron chi connectivity index (χ4n) is 5.01. The minimum Gasteiger partial charge on any atom is -0.507 e. The van der Waals surface area contributed by atoms with E-state index in [1.165, 1.54) is 19.2 Å². The standard InChI is InChI=1S/C29H27F3N4O2/c1-16-9-18(11-20(30)10-16)23-15-34-25-4-3-17(12-22(25)28(23)36-7-5-21(33)6-8-36)26-27(32)24(31)13-19(29(26)37)14-35-38-2/h3-4,9-15,21,37H,5-8,33H2,1-2H3. The molecule has 1 fully saturated rings. The van der Waals surface area contributed by atoms with E-state index < -0.39 is 17.4 Å². The molecule has 3 N–H and O–H groups in total. The molecule has 6 nitrogen and oxygen atoms in total. The van der Waals surface area contributed by atoms with Crippen LogP contribution < -0.4 is 10.6 Å². The SMILES string of the molecule is CON=Cc1cc(F)c(F)c(-c2ccc3ncc(-c4cc(C)cc(F)c4)c(N4CCC(N)CC4)c3c2)c1O. The lowest BCUT2D eigenvalue weighted by Crippen LogP contribution is -2.40. The van der Waals surface area contributed by atoms with Gasteiger partial charge in [-0.2, -0.15) is 0 Å². The Morgan fingerprint density at radius 1 is 1.08 bits per heavy atom. The summed E-state index contributed by atoms with van der Waals surface area (Å²) < 4.78 is 44.1. The number of phenols is 1. The molecule has 0 unspecified atom stereocenters. The Labute approximate surface area is 218 Å². The number of pyridine rings is 1. The molecule has 196 valence electrons. The predicted octanol–water partition coefficient (Wildman–Crippen LogP) is 5.91. The maximum atomic E-state index is 15.1. The van der Waals surface area contributed by atoms with E-state index >= 15 is 4.39 Å². The molecule has 0 saturated carbocycles. The maximum Gasteiger partial charge on any atom is 0.170 e. The van der Waals surface area contributed by atoms with Gasteiger partial charge in [-0.05, 0) is 66.8 Å². The molecule has 0 atom stereocenters. The molecule has 0 bridgehead atoms. The fraction of sp³-hybridized carbons (Fsp3) is 0.241. The number of hydrogen-bond donors (Lipinski definition) is 2. The minimum atomic E-state index is -1.19. The second-order valence-corrected chi connectivity index (χ2v) is 9.50. The van der Waals surface area contributed by atoms with Gasteiger partial charge < -0.3 is 20.6 Å². The Hall–Kier alpha value is -4.11. The van der Waals surface area contributed by atoms with Gasteiger partial charge in [0.1, 0.15) is 18.7 Å². The van der Waals surface area contributed by atoms with Gasteiger partial charge in [-0.25, -0.2) is 13.2 Å². The number of piperidine rings is 1. The number of oxime groups is 1. The lowest BCUT2D eigenvalue weighted by molar-refractivity contribution is 0.215. The van der Waals surface area contributed by atoms with Gasteiger partial charge >= 0.3 is 0 Å². The Morgan fingerprint density at radius 3 is 2.55 bits per heavy atom. The predicted molar refractivity (Wildman–Crippen MR) is 143 cm³/mol. The van der Waals surface area contributed by atoms with Gasteiger partial charge in [0, 0.05) is 41.8 Å². The third-order valence-corrected chi connectivity index (χ3v) is 6.86. The third kappa shape index (κ3) is 4.77. The average Bonchev–Trinajstić information content (AvgIpc) is 2.89. The summed E-state index contributed by atoms with van der Waals surface area (Å²) in [6, 6.07) is 10.7. The molecule has 1 aromatic heterocycles. The van der Waals surface area contributed by atoms with Crippen LogP contribution in [0.4, 0.5) is 18.9 Å². The monoisotopic (exact) mass is 520 g/mol. The van der Waals surface area contributed by atoms with Crippen molar-refractivity contribution in [3.05, 3.63) is 77.2 Å². The second-order valence-electron chi connectivity index (χ2n) is 9.50. The van der Waals surface area contributed by atoms with Crippen molar-refractivity contribution < 1.29 is 23.1 Å². The van der Waals surface area contributed by atoms with Gasteiger partial charge in [0.2, 0.25) is 0 Å². The summed E-state index contributed by atoms with van der Waals surface area (Å²) in [4.78, 5) is 11.4. The van der Waals surface area contributed by atoms with Crippen LogP contribution in [0, 0.1) is 24.4 Å². The number of benzene rings is 3. The van der Waals surface area contributed by atoms with Crippen LogP contribution in [0.1, 0.15) is 24.0 Å². The van der Waals surface area contributed by atoms with Gasteiger partial charge in [-0.3, -0.25) is 4.98 Å². The quantitative estimate of drug-likeness (QED) is 0.253. The van der Waals surface area contributed by atoms with E-state index in [9.17, 15) is 13.9 Å². The Kier molecular flexibility index (Phi) is 6.94. The van der Waals surface area contributed by atoms with E-state index in [-0.39, 0.29) is 28.5 Å². The third-order valence-electron chi connectivity index (χ3n) is 6.86. The van der Waals surface area contributed by atoms with Crippen LogP contribution in [0.15, 0.2) is 53.8 Å². The summed E-state index contributed by atoms with van der Waals surface area (Å²) >= 11 is 0. The smallest absolute Gasteiger partial charge is 0.170 e. The first kappa shape index (κ1) is 25.5. The minimum absolute atomic E-state index is 0.0341. The number of halogens is 3. The molecular formula is C29H27F3N4O2. The van der Waals surface area contributed by atoms with Crippen LogP contribution in [0.5, 0.6) is 5.75 Å². The zero-order valence-corrected chi connectivity index (χ0v) is 21.0. The fourth-order valence-corrected chi connectivity index (χ4v) is 5.01. The van der Waals surface area contributed by atoms with Gasteiger partial charge in [-0.1, -0.05) is 17.3 Å². The molecule has 4 aromatic rings. The summed E-state index contributed by atoms with van der Waals surface area (Å²) in [5.74, 6) is -3.16. The highest BCUT2D eigenvalue weighted by molar-refractivity contribution is 6.02. The number of nitrogens with two attached hydrogens (primary N) is 1. The number of aryl methyl sites for hydroxylation is 1. The normalized spacial score (nSPS) is 14.5. The summed E-state index contributed by atoms with van der Waals surface area (Å²) in [5, 5.41) is 15.1. The van der Waals surface area contributed by atoms with Gasteiger partial charge in [0.15, 0.2) is 11.6 Å². The summed E-state index contributed by atoms with van der Waals surface area (Å²) in [6.45, 7) is 3.16. The van der Waals surface area contributed by atoms with Crippen LogP contribution in [0.2, 0.25) is 0 Å². The van der Waals surface area contributed by atoms with E-state index in [1.54, 1.807) is 24.4 Å². The molecule has 9 heteroatoms. The van der Waals surface area contributed by atoms with Crippen molar-refractivity contribution >= 4 is 22.8 Å². The number of phenolic OH excluding ortho intramolecular Hbond substituents is 1. The lowest BCUT2D eigenvalue weighted by atomic mass is 9.94. The molecule has 5 rings (SSSR count). The number of hydrogen-bond acceptors (Lipinski definition) is 6. The van der Waals surface area contributed by atoms with Crippen molar-refractivity contribution in [1.82, 2.24) is 4.98 Å². The molecule has 0 spiro atoms. The zero-order valence-electron chi connectivity index (χ0n) is 21.0. The molecular weight excluding hydrogens is 493 g/mol. The summed E-state index contributed by atoms with van der Waals surface area (Å²) in [7, 11) is 1.30. The highest BCUT2D eigenvalue weighted by atomic mass is 19.2. The molecule has 38 heavy (non-hydrogen) atoms. The van der Waals surface area contributed by atoms with E-state index in [2.05, 4.69) is 19.9 Å². The molecule has 1 aliphatic rings. The number of rotatable bonds is 5. The first-order chi connectivity index (χ1) is 18.3. The van der Waals surface area contributed by atoms with Gasteiger partial charge in [0.05, 0.1) is 23.0 Å². The molecule has 0 aliphatic carbocycles. The highest BCUT2D eigenvalue weighted by Gasteiger charge is 2.24. The first-order valence-corrected chi connectivity index (χ1v) is 12.3. The van der Waals surface area contributed by atoms with Crippen LogP contribution in [0.3, 0.4) is 0 Å². The molecule has 1 aliphatic heterocycles. The summed E-state index contributed by atoms with van der Waals surface area (Å²) in [6.07, 6.45) is 4.36. The lowest BCUT2D eigenvalue weighted by Gasteiger charge is -2.34. The van der Waals surface area contributed by atoms with E-state index in [1.807, 2.05) is 13.0 Å².